The molecule has 0 saturated carbocycles. The van der Waals surface area contributed by atoms with Crippen LogP contribution in [0.5, 0.6) is 0 Å². The van der Waals surface area contributed by atoms with Crippen molar-refractivity contribution in [3.05, 3.63) is 17.5 Å². The van der Waals surface area contributed by atoms with Crippen LogP contribution in [0.4, 0.5) is 0 Å². The molecule has 4 heterocycles. The molecule has 0 aromatic carbocycles. The summed E-state index contributed by atoms with van der Waals surface area (Å²) in [4.78, 5) is 45.1. The smallest absolute Gasteiger partial charge is 0.294 e. The fourth-order valence-corrected chi connectivity index (χ4v) is 4.36. The second-order valence-corrected chi connectivity index (χ2v) is 8.68. The molecule has 2 atom stereocenters. The number of piperidine rings is 1. The third kappa shape index (κ3) is 3.93. The number of hydrogen-bond acceptors (Lipinski definition) is 7. The van der Waals surface area contributed by atoms with Crippen molar-refractivity contribution in [2.75, 3.05) is 53.4 Å². The first-order chi connectivity index (χ1) is 14.3. The minimum Gasteiger partial charge on any atom is -0.351 e. The SMILES string of the molecule is CC(c1cc(C(=O)N2CC(=O)N3CC(=O)N(CC4CCNCC4)CC32)on1)N(C)C. The molecule has 10 nitrogen and oxygen atoms in total. The summed E-state index contributed by atoms with van der Waals surface area (Å²) >= 11 is 0. The number of nitrogens with zero attached hydrogens (tertiary/aromatic N) is 5. The summed E-state index contributed by atoms with van der Waals surface area (Å²) in [5.74, 6) is -0.0435. The zero-order chi connectivity index (χ0) is 21.4. The molecule has 1 N–H and O–H groups in total. The topological polar surface area (TPSA) is 102 Å². The van der Waals surface area contributed by atoms with Crippen molar-refractivity contribution < 1.29 is 18.9 Å². The predicted octanol–water partition coefficient (Wildman–Crippen LogP) is -0.250. The van der Waals surface area contributed by atoms with Crippen LogP contribution in [0.15, 0.2) is 10.6 Å². The molecular formula is C20H30N6O4. The Hall–Kier alpha value is -2.46. The molecule has 0 aliphatic carbocycles. The van der Waals surface area contributed by atoms with Gasteiger partial charge in [0.25, 0.3) is 5.91 Å². The van der Waals surface area contributed by atoms with Gasteiger partial charge in [-0.2, -0.15) is 0 Å². The van der Waals surface area contributed by atoms with Gasteiger partial charge in [-0.25, -0.2) is 0 Å². The number of carbonyl (C=O) groups excluding carboxylic acids is 3. The summed E-state index contributed by atoms with van der Waals surface area (Å²) in [6.07, 6.45) is 1.61. The summed E-state index contributed by atoms with van der Waals surface area (Å²) in [5, 5.41) is 7.36. The van der Waals surface area contributed by atoms with Crippen LogP contribution in [0.2, 0.25) is 0 Å². The molecule has 4 rings (SSSR count). The third-order valence-corrected chi connectivity index (χ3v) is 6.53. The standard InChI is InChI=1S/C20H30N6O4/c1-13(23(2)3)15-8-16(30-22-15)20(29)26-12-19(28)25-11-18(27)24(10-17(25)26)9-14-4-6-21-7-5-14/h8,13-14,17,21H,4-7,9-12H2,1-3H3. The zero-order valence-electron chi connectivity index (χ0n) is 17.8. The van der Waals surface area contributed by atoms with E-state index >= 15 is 0 Å². The average Bonchev–Trinajstić information content (AvgIpc) is 3.34. The maximum Gasteiger partial charge on any atom is 0.294 e. The van der Waals surface area contributed by atoms with Gasteiger partial charge in [-0.3, -0.25) is 14.4 Å². The molecule has 0 spiro atoms. The van der Waals surface area contributed by atoms with Gasteiger partial charge in [0.05, 0.1) is 12.6 Å². The molecule has 164 valence electrons. The van der Waals surface area contributed by atoms with Gasteiger partial charge in [0.15, 0.2) is 0 Å². The quantitative estimate of drug-likeness (QED) is 0.703. The molecule has 0 radical (unpaired) electrons. The minimum atomic E-state index is -0.454. The number of carbonyl (C=O) groups is 3. The van der Waals surface area contributed by atoms with Gasteiger partial charge < -0.3 is 29.4 Å². The van der Waals surface area contributed by atoms with Crippen LogP contribution in [0.25, 0.3) is 0 Å². The van der Waals surface area contributed by atoms with Crippen LogP contribution >= 0.6 is 0 Å². The summed E-state index contributed by atoms with van der Waals surface area (Å²) in [6, 6.07) is 1.64. The summed E-state index contributed by atoms with van der Waals surface area (Å²) < 4.78 is 5.31. The Balaban J connectivity index is 1.48. The van der Waals surface area contributed by atoms with Gasteiger partial charge >= 0.3 is 0 Å². The van der Waals surface area contributed by atoms with E-state index in [1.54, 1.807) is 6.07 Å². The fourth-order valence-electron chi connectivity index (χ4n) is 4.36. The Labute approximate surface area is 176 Å². The van der Waals surface area contributed by atoms with Crippen molar-refractivity contribution in [1.82, 2.24) is 30.1 Å². The van der Waals surface area contributed by atoms with E-state index < -0.39 is 6.17 Å². The molecule has 10 heteroatoms. The van der Waals surface area contributed by atoms with E-state index in [0.717, 1.165) is 25.9 Å². The molecule has 1 aromatic heterocycles. The number of piperazine rings is 1. The third-order valence-electron chi connectivity index (χ3n) is 6.53. The highest BCUT2D eigenvalue weighted by molar-refractivity contribution is 5.98. The van der Waals surface area contributed by atoms with Gasteiger partial charge in [0, 0.05) is 12.6 Å². The zero-order valence-corrected chi connectivity index (χ0v) is 17.8. The second kappa shape index (κ2) is 8.35. The first-order valence-corrected chi connectivity index (χ1v) is 10.6. The first kappa shape index (κ1) is 20.8. The lowest BCUT2D eigenvalue weighted by Gasteiger charge is -2.41. The summed E-state index contributed by atoms with van der Waals surface area (Å²) in [6.45, 7) is 4.89. The number of fused-ring (bicyclic) bond motifs is 1. The van der Waals surface area contributed by atoms with Gasteiger partial charge in [-0.1, -0.05) is 5.16 Å². The van der Waals surface area contributed by atoms with E-state index in [-0.39, 0.29) is 42.6 Å². The number of nitrogens with one attached hydrogen (secondary N) is 1. The molecule has 3 aliphatic rings. The van der Waals surface area contributed by atoms with E-state index in [1.807, 2.05) is 30.8 Å². The van der Waals surface area contributed by atoms with Crippen LogP contribution in [0.1, 0.15) is 42.1 Å². The lowest BCUT2D eigenvalue weighted by Crippen LogP contribution is -2.59. The summed E-state index contributed by atoms with van der Waals surface area (Å²) in [7, 11) is 3.85. The maximum absolute atomic E-state index is 13.1. The molecule has 0 bridgehead atoms. The normalized spacial score (nSPS) is 24.0. The second-order valence-electron chi connectivity index (χ2n) is 8.68. The lowest BCUT2D eigenvalue weighted by molar-refractivity contribution is -0.146. The number of rotatable bonds is 5. The predicted molar refractivity (Wildman–Crippen MR) is 107 cm³/mol. The molecule has 30 heavy (non-hydrogen) atoms. The Kier molecular flexibility index (Phi) is 5.79. The van der Waals surface area contributed by atoms with Crippen molar-refractivity contribution in [3.8, 4) is 0 Å². The van der Waals surface area contributed by atoms with Crippen LogP contribution in [-0.2, 0) is 9.59 Å². The van der Waals surface area contributed by atoms with E-state index in [2.05, 4.69) is 10.5 Å². The van der Waals surface area contributed by atoms with E-state index in [0.29, 0.717) is 24.7 Å². The monoisotopic (exact) mass is 418 g/mol. The van der Waals surface area contributed by atoms with Gasteiger partial charge in [0.2, 0.25) is 17.6 Å². The highest BCUT2D eigenvalue weighted by atomic mass is 16.5. The number of aromatic nitrogens is 1. The van der Waals surface area contributed by atoms with E-state index in [4.69, 9.17) is 4.52 Å². The van der Waals surface area contributed by atoms with Gasteiger partial charge in [0.1, 0.15) is 24.9 Å². The fraction of sp³-hybridized carbons (Fsp3) is 0.700. The van der Waals surface area contributed by atoms with Crippen molar-refractivity contribution >= 4 is 17.7 Å². The molecule has 1 aromatic rings. The van der Waals surface area contributed by atoms with E-state index in [9.17, 15) is 14.4 Å². The number of hydrogen-bond donors (Lipinski definition) is 1. The Bertz CT molecular complexity index is 818. The largest absolute Gasteiger partial charge is 0.351 e. The molecule has 3 saturated heterocycles. The molecular weight excluding hydrogens is 388 g/mol. The van der Waals surface area contributed by atoms with Crippen LogP contribution < -0.4 is 5.32 Å². The van der Waals surface area contributed by atoms with Gasteiger partial charge in [-0.05, 0) is 52.9 Å². The number of amides is 3. The molecule has 3 amide bonds. The molecule has 3 fully saturated rings. The van der Waals surface area contributed by atoms with Crippen LogP contribution in [0.3, 0.4) is 0 Å². The van der Waals surface area contributed by atoms with Crippen molar-refractivity contribution in [2.45, 2.75) is 32.0 Å². The van der Waals surface area contributed by atoms with Crippen LogP contribution in [0, 0.1) is 5.92 Å². The van der Waals surface area contributed by atoms with Crippen molar-refractivity contribution in [2.24, 2.45) is 5.92 Å². The molecule has 2 unspecified atom stereocenters. The van der Waals surface area contributed by atoms with Crippen molar-refractivity contribution in [3.63, 3.8) is 0 Å². The Morgan fingerprint density at radius 3 is 2.70 bits per heavy atom. The van der Waals surface area contributed by atoms with E-state index in [1.165, 1.54) is 9.80 Å². The van der Waals surface area contributed by atoms with Crippen molar-refractivity contribution in [1.29, 1.82) is 0 Å². The summed E-state index contributed by atoms with van der Waals surface area (Å²) in [5.41, 5.74) is 0.664. The maximum atomic E-state index is 13.1. The highest BCUT2D eigenvalue weighted by Crippen LogP contribution is 2.26. The Morgan fingerprint density at radius 2 is 2.00 bits per heavy atom. The lowest BCUT2D eigenvalue weighted by atomic mass is 9.97. The first-order valence-electron chi connectivity index (χ1n) is 10.6. The Morgan fingerprint density at radius 1 is 1.27 bits per heavy atom. The van der Waals surface area contributed by atoms with Gasteiger partial charge in [-0.15, -0.1) is 0 Å². The highest BCUT2D eigenvalue weighted by Gasteiger charge is 2.47. The van der Waals surface area contributed by atoms with Crippen LogP contribution in [-0.4, -0.2) is 102 Å². The minimum absolute atomic E-state index is 0.000199. The molecule has 3 aliphatic heterocycles. The average molecular weight is 418 g/mol.